The number of carbonyl (C=O) groups excluding carboxylic acids is 5. The number of hydrogen-bond acceptors (Lipinski definition) is 12. The van der Waals surface area contributed by atoms with Crippen LogP contribution in [-0.4, -0.2) is 118 Å². The van der Waals surface area contributed by atoms with Crippen LogP contribution in [0.5, 0.6) is 5.75 Å². The van der Waals surface area contributed by atoms with Crippen LogP contribution in [0.15, 0.2) is 94.1 Å². The Hall–Kier alpha value is -8.60. The van der Waals surface area contributed by atoms with Crippen LogP contribution in [0.4, 0.5) is 10.5 Å². The molecule has 1 aliphatic heterocycles. The Balaban J connectivity index is 0.994. The molecule has 0 fully saturated rings. The van der Waals surface area contributed by atoms with E-state index < -0.39 is 47.8 Å². The van der Waals surface area contributed by atoms with Gasteiger partial charge in [-0.1, -0.05) is 55.7 Å². The van der Waals surface area contributed by atoms with Gasteiger partial charge in [-0.25, -0.2) is 14.4 Å². The molecule has 0 saturated heterocycles. The molecule has 0 radical (unpaired) electrons. The molecule has 0 aromatic heterocycles. The molecule has 3 aromatic rings. The van der Waals surface area contributed by atoms with E-state index in [-0.39, 0.29) is 110 Å². The van der Waals surface area contributed by atoms with Crippen molar-refractivity contribution >= 4 is 81.6 Å². The number of amides is 6. The third-order valence-electron chi connectivity index (χ3n) is 11.6. The predicted molar refractivity (Wildman–Crippen MR) is 280 cm³/mol. The van der Waals surface area contributed by atoms with Crippen LogP contribution in [0.1, 0.15) is 80.1 Å². The summed E-state index contributed by atoms with van der Waals surface area (Å²) in [5.74, 6) is -5.19. The Bertz CT molecular complexity index is 2880. The van der Waals surface area contributed by atoms with Gasteiger partial charge in [0.1, 0.15) is 29.2 Å². The molecule has 22 nitrogen and oxygen atoms in total. The van der Waals surface area contributed by atoms with Gasteiger partial charge in [0.15, 0.2) is 10.5 Å². The number of hydrogen-bond donors (Lipinski definition) is 12. The Morgan fingerprint density at radius 2 is 1.32 bits per heavy atom. The van der Waals surface area contributed by atoms with E-state index in [0.717, 1.165) is 18.4 Å². The van der Waals surface area contributed by atoms with Crippen LogP contribution in [-0.2, 0) is 35.2 Å². The number of carboxylic acids is 3. The van der Waals surface area contributed by atoms with Crippen molar-refractivity contribution in [3.05, 3.63) is 106 Å². The molecule has 0 saturated carbocycles. The van der Waals surface area contributed by atoms with Gasteiger partial charge < -0.3 is 67.4 Å². The Morgan fingerprint density at radius 3 is 2.07 bits per heavy atom. The Labute approximate surface area is 435 Å². The highest BCUT2D eigenvalue weighted by Gasteiger charge is 2.25. The smallest absolute Gasteiger partial charge is 0.336 e. The second kappa shape index (κ2) is 29.2. The minimum absolute atomic E-state index is 0.0504. The van der Waals surface area contributed by atoms with Crippen LogP contribution in [0.25, 0.3) is 33.4 Å². The number of phenols is 1. The number of aromatic hydroxyl groups is 1. The molecular formula is C52H60N8O14S. The number of aliphatic carboxylic acids is 2. The topological polar surface area (TPSA) is 344 Å². The van der Waals surface area contributed by atoms with Crippen molar-refractivity contribution in [2.75, 3.05) is 38.0 Å². The maximum Gasteiger partial charge on any atom is 0.336 e. The number of carbonyl (C=O) groups is 8. The molecule has 1 heterocycles. The first-order chi connectivity index (χ1) is 36.0. The average Bonchev–Trinajstić information content (AvgIpc) is 3.37. The number of nitrogens with one attached hydrogen (secondary N) is 8. The van der Waals surface area contributed by atoms with Crippen LogP contribution >= 0.6 is 12.2 Å². The molecule has 23 heteroatoms. The largest absolute Gasteiger partial charge is 0.508 e. The molecule has 0 spiro atoms. The lowest BCUT2D eigenvalue weighted by molar-refractivity contribution is -0.139. The van der Waals surface area contributed by atoms with E-state index >= 15 is 0 Å². The number of benzene rings is 4. The highest BCUT2D eigenvalue weighted by atomic mass is 32.1. The van der Waals surface area contributed by atoms with E-state index in [1.165, 1.54) is 30.3 Å². The molecule has 398 valence electrons. The fraction of sp³-hybridized carbons (Fsp3) is 0.346. The van der Waals surface area contributed by atoms with Gasteiger partial charge in [0.05, 0.1) is 12.1 Å². The van der Waals surface area contributed by atoms with E-state index in [0.29, 0.717) is 53.6 Å². The first-order valence-electron chi connectivity index (χ1n) is 24.2. The normalized spacial score (nSPS) is 11.6. The number of aromatic carboxylic acids is 1. The van der Waals surface area contributed by atoms with Gasteiger partial charge in [-0.15, -0.1) is 0 Å². The predicted octanol–water partition coefficient (Wildman–Crippen LogP) is 4.07. The van der Waals surface area contributed by atoms with Crippen molar-refractivity contribution in [3.8, 4) is 28.2 Å². The summed E-state index contributed by atoms with van der Waals surface area (Å²) in [6.45, 7) is 0.303. The SMILES string of the molecule is O=C(O)CCCNC(=O)NC(CCC(=O)NCCCCCCCC(=O)NC(Cc1ccccc1)C(=O)NCC(=O)NCCNC(=S)Nc1ccc(-c2c3ccc(=O)cc-3oc3cc(O)ccc23)c(C(=O)O)c1)C(=O)O. The molecule has 5 rings (SSSR count). The molecule has 1 aliphatic carbocycles. The maximum absolute atomic E-state index is 13.3. The van der Waals surface area contributed by atoms with Gasteiger partial charge in [0.2, 0.25) is 23.6 Å². The summed E-state index contributed by atoms with van der Waals surface area (Å²) in [5.41, 5.74) is 2.31. The van der Waals surface area contributed by atoms with Gasteiger partial charge in [-0.3, -0.25) is 28.8 Å². The quantitative estimate of drug-likeness (QED) is 0.0182. The van der Waals surface area contributed by atoms with Gasteiger partial charge in [0.25, 0.3) is 0 Å². The molecule has 75 heavy (non-hydrogen) atoms. The third kappa shape index (κ3) is 19.1. The Kier molecular flexibility index (Phi) is 22.3. The van der Waals surface area contributed by atoms with Gasteiger partial charge in [-0.2, -0.15) is 0 Å². The van der Waals surface area contributed by atoms with E-state index in [2.05, 4.69) is 42.5 Å². The lowest BCUT2D eigenvalue weighted by Gasteiger charge is -2.19. The van der Waals surface area contributed by atoms with Crippen molar-refractivity contribution in [2.24, 2.45) is 0 Å². The summed E-state index contributed by atoms with van der Waals surface area (Å²) in [5, 5.41) is 60.4. The Morgan fingerprint density at radius 1 is 0.613 bits per heavy atom. The lowest BCUT2D eigenvalue weighted by Crippen LogP contribution is -2.50. The number of fused-ring (bicyclic) bond motifs is 2. The van der Waals surface area contributed by atoms with Crippen molar-refractivity contribution in [1.82, 2.24) is 37.2 Å². The van der Waals surface area contributed by atoms with E-state index in [4.69, 9.17) is 21.7 Å². The van der Waals surface area contributed by atoms with Crippen molar-refractivity contribution in [1.29, 1.82) is 0 Å². The van der Waals surface area contributed by atoms with Gasteiger partial charge in [-0.05, 0) is 85.4 Å². The molecule has 0 bridgehead atoms. The van der Waals surface area contributed by atoms with E-state index in [9.17, 15) is 58.5 Å². The number of anilines is 1. The average molecular weight is 1050 g/mol. The lowest BCUT2D eigenvalue weighted by atomic mass is 9.90. The minimum Gasteiger partial charge on any atom is -0.508 e. The molecule has 2 aliphatic rings. The van der Waals surface area contributed by atoms with Crippen LogP contribution in [0.3, 0.4) is 0 Å². The molecule has 3 aromatic carbocycles. The minimum atomic E-state index is -1.31. The number of carboxylic acid groups (broad SMARTS) is 3. The highest BCUT2D eigenvalue weighted by Crippen LogP contribution is 2.42. The van der Waals surface area contributed by atoms with Crippen LogP contribution in [0.2, 0.25) is 0 Å². The monoisotopic (exact) mass is 1050 g/mol. The zero-order valence-corrected chi connectivity index (χ0v) is 41.6. The molecule has 2 unspecified atom stereocenters. The first kappa shape index (κ1) is 57.3. The van der Waals surface area contributed by atoms with Crippen LogP contribution in [0, 0.1) is 0 Å². The summed E-state index contributed by atoms with van der Waals surface area (Å²) >= 11 is 5.42. The summed E-state index contributed by atoms with van der Waals surface area (Å²) in [6, 6.07) is 19.3. The van der Waals surface area contributed by atoms with E-state index in [1.54, 1.807) is 24.3 Å². The number of rotatable bonds is 29. The van der Waals surface area contributed by atoms with Crippen molar-refractivity contribution in [3.63, 3.8) is 0 Å². The molecule has 12 N–H and O–H groups in total. The second-order valence-electron chi connectivity index (χ2n) is 17.3. The fourth-order valence-electron chi connectivity index (χ4n) is 7.84. The van der Waals surface area contributed by atoms with Crippen LogP contribution < -0.4 is 48.0 Å². The summed E-state index contributed by atoms with van der Waals surface area (Å²) in [6.07, 6.45) is 3.50. The fourth-order valence-corrected chi connectivity index (χ4v) is 8.06. The molecule has 6 amide bonds. The zero-order chi connectivity index (χ0) is 54.3. The molecular weight excluding hydrogens is 993 g/mol. The maximum atomic E-state index is 13.3. The van der Waals surface area contributed by atoms with Gasteiger partial charge >= 0.3 is 23.9 Å². The highest BCUT2D eigenvalue weighted by molar-refractivity contribution is 7.80. The number of thiocarbonyl (C=S) groups is 1. The zero-order valence-electron chi connectivity index (χ0n) is 40.8. The summed E-state index contributed by atoms with van der Waals surface area (Å²) in [7, 11) is 0. The second-order valence-corrected chi connectivity index (χ2v) is 17.7. The van der Waals surface area contributed by atoms with E-state index in [1.807, 2.05) is 30.3 Å². The standard InChI is InChI=1S/C52H60N8O14S/c61-33-15-18-36-41(28-33)74-42-29-34(62)16-19-37(42)47(36)35-17-14-32(27-38(35)49(69)70)58-52(75)56-25-24-54-45(65)30-57-48(68)40(26-31-10-5-4-6-11-31)59-44(64)12-7-2-1-3-8-22-53-43(63)21-20-39(50(71)72)60-51(73)55-23-9-13-46(66)67/h4-6,10-11,14-19,27-29,39-40,61H,1-3,7-9,12-13,20-26,30H2,(H,53,63)(H,54,65)(H,57,68)(H,59,64)(H,66,67)(H,69,70)(H,71,72)(H2,55,60,73)(H2,56,58,75). The van der Waals surface area contributed by atoms with Gasteiger partial charge in [0, 0.05) is 86.2 Å². The summed E-state index contributed by atoms with van der Waals surface area (Å²) in [4.78, 5) is 110. The summed E-state index contributed by atoms with van der Waals surface area (Å²) < 4.78 is 5.89. The number of unbranched alkanes of at least 4 members (excludes halogenated alkanes) is 4. The molecule has 2 atom stereocenters. The number of phenolic OH excluding ortho intramolecular Hbond substituents is 1. The van der Waals surface area contributed by atoms with Crippen molar-refractivity contribution < 1.29 is 63.2 Å². The van der Waals surface area contributed by atoms with Crippen molar-refractivity contribution in [2.45, 2.75) is 82.7 Å². The first-order valence-corrected chi connectivity index (χ1v) is 24.6. The third-order valence-corrected chi connectivity index (χ3v) is 11.8. The number of urea groups is 1.